The number of esters is 1. The number of benzene rings is 2. The van der Waals surface area contributed by atoms with Crippen molar-refractivity contribution in [2.75, 3.05) is 7.11 Å². The molecule has 0 aromatic heterocycles. The molecule has 0 aliphatic heterocycles. The first-order valence-corrected chi connectivity index (χ1v) is 7.60. The minimum atomic E-state index is -0.626. The van der Waals surface area contributed by atoms with E-state index in [-0.39, 0.29) is 11.7 Å². The molecule has 1 N–H and O–H groups in total. The maximum absolute atomic E-state index is 12.3. The molecule has 0 spiro atoms. The van der Waals surface area contributed by atoms with Crippen molar-refractivity contribution in [3.05, 3.63) is 70.1 Å². The molecule has 0 aliphatic carbocycles. The second-order valence-electron chi connectivity index (χ2n) is 4.59. The van der Waals surface area contributed by atoms with E-state index >= 15 is 0 Å². The van der Waals surface area contributed by atoms with Crippen molar-refractivity contribution in [1.82, 2.24) is 0 Å². The molecule has 0 aliphatic rings. The van der Waals surface area contributed by atoms with Crippen molar-refractivity contribution in [2.45, 2.75) is 11.5 Å². The Balaban J connectivity index is 2.10. The van der Waals surface area contributed by atoms with Crippen LogP contribution >= 0.6 is 11.8 Å². The quantitative estimate of drug-likeness (QED) is 0.487. The predicted octanol–water partition coefficient (Wildman–Crippen LogP) is 3.01. The van der Waals surface area contributed by atoms with Crippen molar-refractivity contribution < 1.29 is 29.5 Å². The Labute approximate surface area is 141 Å². The van der Waals surface area contributed by atoms with Gasteiger partial charge in [-0.2, -0.15) is 4.84 Å². The van der Waals surface area contributed by atoms with Gasteiger partial charge in [0.1, 0.15) is 4.91 Å². The summed E-state index contributed by atoms with van der Waals surface area (Å²) in [5.41, 5.74) is 1.36. The molecule has 2 aromatic rings. The van der Waals surface area contributed by atoms with Crippen molar-refractivity contribution in [1.29, 1.82) is 0 Å². The third kappa shape index (κ3) is 4.56. The second kappa shape index (κ2) is 8.11. The summed E-state index contributed by atoms with van der Waals surface area (Å²) >= 11 is 0.922. The SMILES string of the molecule is COC(=O)c1ccccc1SC(=O)c1ccc(CO[N+](=O)O)cc1. The van der Waals surface area contributed by atoms with E-state index in [1.807, 2.05) is 0 Å². The van der Waals surface area contributed by atoms with E-state index in [4.69, 9.17) is 9.94 Å². The zero-order valence-electron chi connectivity index (χ0n) is 12.7. The zero-order valence-corrected chi connectivity index (χ0v) is 13.5. The average molecular weight is 348 g/mol. The van der Waals surface area contributed by atoms with Crippen LogP contribution in [0.2, 0.25) is 0 Å². The molecule has 24 heavy (non-hydrogen) atoms. The lowest BCUT2D eigenvalue weighted by Gasteiger charge is -2.06. The van der Waals surface area contributed by atoms with Gasteiger partial charge in [0.15, 0.2) is 6.61 Å². The van der Waals surface area contributed by atoms with Crippen LogP contribution in [0.3, 0.4) is 0 Å². The fourth-order valence-corrected chi connectivity index (χ4v) is 2.72. The van der Waals surface area contributed by atoms with Crippen LogP contribution in [0.15, 0.2) is 53.4 Å². The van der Waals surface area contributed by atoms with Gasteiger partial charge in [0.2, 0.25) is 5.12 Å². The fraction of sp³-hybridized carbons (Fsp3) is 0.125. The molecule has 0 atom stereocenters. The monoisotopic (exact) mass is 348 g/mol. The van der Waals surface area contributed by atoms with Crippen molar-refractivity contribution in [2.24, 2.45) is 0 Å². The first kappa shape index (κ1) is 17.5. The molecule has 2 aromatic carbocycles. The van der Waals surface area contributed by atoms with Gasteiger partial charge in [0.25, 0.3) is 0 Å². The Hall–Kier alpha value is -2.87. The van der Waals surface area contributed by atoms with E-state index in [1.165, 1.54) is 7.11 Å². The van der Waals surface area contributed by atoms with E-state index < -0.39 is 11.1 Å². The highest BCUT2D eigenvalue weighted by atomic mass is 32.2. The highest BCUT2D eigenvalue weighted by Crippen LogP contribution is 2.27. The zero-order chi connectivity index (χ0) is 17.5. The average Bonchev–Trinajstić information content (AvgIpc) is 2.60. The summed E-state index contributed by atoms with van der Waals surface area (Å²) in [6.07, 6.45) is 0. The summed E-state index contributed by atoms with van der Waals surface area (Å²) in [7, 11) is 1.28. The molecule has 7 nitrogen and oxygen atoms in total. The van der Waals surface area contributed by atoms with Crippen molar-refractivity contribution in [3.63, 3.8) is 0 Å². The lowest BCUT2D eigenvalue weighted by molar-refractivity contribution is -0.979. The predicted molar refractivity (Wildman–Crippen MR) is 84.6 cm³/mol. The third-order valence-corrected chi connectivity index (χ3v) is 4.02. The van der Waals surface area contributed by atoms with Gasteiger partial charge in [-0.15, -0.1) is 0 Å². The second-order valence-corrected chi connectivity index (χ2v) is 5.60. The van der Waals surface area contributed by atoms with Crippen LogP contribution in [0.1, 0.15) is 26.3 Å². The summed E-state index contributed by atoms with van der Waals surface area (Å²) in [5, 5.41) is 7.50. The summed E-state index contributed by atoms with van der Waals surface area (Å²) in [6, 6.07) is 13.0. The number of hydrogen-bond acceptors (Lipinski definition) is 6. The lowest BCUT2D eigenvalue weighted by atomic mass is 10.1. The molecule has 0 bridgehead atoms. The Morgan fingerprint density at radius 3 is 2.42 bits per heavy atom. The van der Waals surface area contributed by atoms with Crippen LogP contribution in [0.5, 0.6) is 0 Å². The standard InChI is InChI=1S/C16H14NO6S/c1-22-15(18)13-4-2-3-5-14(13)24-16(19)12-8-6-11(7-9-12)10-23-17(20)21/h2-9H,10H2,1H3,(H,20,21)/q+1. The van der Waals surface area contributed by atoms with Crippen LogP contribution in [0, 0.1) is 4.91 Å². The summed E-state index contributed by atoms with van der Waals surface area (Å²) in [6.45, 7) is -0.118. The molecule has 2 rings (SSSR count). The highest BCUT2D eigenvalue weighted by Gasteiger charge is 2.16. The van der Waals surface area contributed by atoms with Gasteiger partial charge in [-0.1, -0.05) is 36.4 Å². The van der Waals surface area contributed by atoms with Gasteiger partial charge in [0.05, 0.1) is 12.7 Å². The molecule has 8 heteroatoms. The lowest BCUT2D eigenvalue weighted by Crippen LogP contribution is -2.05. The first-order chi connectivity index (χ1) is 11.5. The number of carbonyl (C=O) groups is 2. The minimum absolute atomic E-state index is 0.118. The molecule has 0 fully saturated rings. The maximum Gasteiger partial charge on any atom is 0.475 e. The highest BCUT2D eigenvalue weighted by molar-refractivity contribution is 8.14. The normalized spacial score (nSPS) is 10.0. The smallest absolute Gasteiger partial charge is 0.465 e. The molecule has 0 saturated heterocycles. The molecule has 0 saturated carbocycles. The van der Waals surface area contributed by atoms with Crippen LogP contribution < -0.4 is 0 Å². The number of nitrogens with zero attached hydrogens (tertiary/aromatic N) is 1. The van der Waals surface area contributed by atoms with E-state index in [9.17, 15) is 14.5 Å². The van der Waals surface area contributed by atoms with Gasteiger partial charge >= 0.3 is 11.1 Å². The Bertz CT molecular complexity index is 759. The Morgan fingerprint density at radius 2 is 1.79 bits per heavy atom. The van der Waals surface area contributed by atoms with E-state index in [2.05, 4.69) is 4.84 Å². The number of carbonyl (C=O) groups excluding carboxylic acids is 2. The Morgan fingerprint density at radius 1 is 1.12 bits per heavy atom. The maximum atomic E-state index is 12.3. The number of rotatable bonds is 6. The van der Waals surface area contributed by atoms with Gasteiger partial charge in [-0.05, 0) is 29.5 Å². The van der Waals surface area contributed by atoms with Gasteiger partial charge < -0.3 is 4.74 Å². The minimum Gasteiger partial charge on any atom is -0.465 e. The number of ether oxygens (including phenoxy) is 1. The van der Waals surface area contributed by atoms with Gasteiger partial charge in [-0.3, -0.25) is 4.79 Å². The summed E-state index contributed by atoms with van der Waals surface area (Å²) < 4.78 is 4.70. The van der Waals surface area contributed by atoms with Gasteiger partial charge in [-0.25, -0.2) is 10.0 Å². The molecule has 0 heterocycles. The molecule has 0 unspecified atom stereocenters. The Kier molecular flexibility index (Phi) is 5.91. The first-order valence-electron chi connectivity index (χ1n) is 6.78. The van der Waals surface area contributed by atoms with Crippen molar-refractivity contribution >= 4 is 22.8 Å². The van der Waals surface area contributed by atoms with Crippen LogP contribution in [-0.4, -0.2) is 28.5 Å². The number of hydrogen-bond donors (Lipinski definition) is 1. The van der Waals surface area contributed by atoms with E-state index in [0.717, 1.165) is 11.8 Å². The van der Waals surface area contributed by atoms with E-state index in [1.54, 1.807) is 48.5 Å². The molecule has 0 amide bonds. The fourth-order valence-electron chi connectivity index (χ4n) is 1.86. The topological polar surface area (TPSA) is 92.9 Å². The molecular weight excluding hydrogens is 334 g/mol. The van der Waals surface area contributed by atoms with Crippen LogP contribution in [0.4, 0.5) is 0 Å². The van der Waals surface area contributed by atoms with E-state index in [0.29, 0.717) is 21.6 Å². The molecule has 0 radical (unpaired) electrons. The summed E-state index contributed by atoms with van der Waals surface area (Å²) in [5.74, 6) is -0.510. The van der Waals surface area contributed by atoms with Crippen LogP contribution in [-0.2, 0) is 16.2 Å². The third-order valence-electron chi connectivity index (χ3n) is 3.03. The van der Waals surface area contributed by atoms with Crippen LogP contribution in [0.25, 0.3) is 0 Å². The van der Waals surface area contributed by atoms with Crippen molar-refractivity contribution in [3.8, 4) is 0 Å². The molecular formula is C16H14NO6S+. The number of thioether (sulfide) groups is 1. The molecule has 124 valence electrons. The summed E-state index contributed by atoms with van der Waals surface area (Å²) in [4.78, 5) is 39.2. The number of methoxy groups -OCH3 is 1. The largest absolute Gasteiger partial charge is 0.475 e. The van der Waals surface area contributed by atoms with Gasteiger partial charge in [0, 0.05) is 10.5 Å².